The molecule has 0 aliphatic heterocycles. The Kier molecular flexibility index (Phi) is 4.25. The van der Waals surface area contributed by atoms with Crippen molar-refractivity contribution >= 4 is 17.1 Å². The number of nitrogens with zero attached hydrogens (tertiary/aromatic N) is 4. The second-order valence-electron chi connectivity index (χ2n) is 6.24. The lowest BCUT2D eigenvalue weighted by atomic mass is 9.88. The molecule has 27 heavy (non-hydrogen) atoms. The van der Waals surface area contributed by atoms with E-state index in [0.29, 0.717) is 23.4 Å². The summed E-state index contributed by atoms with van der Waals surface area (Å²) in [5.41, 5.74) is 8.50. The number of imidazole rings is 1. The van der Waals surface area contributed by atoms with E-state index in [1.807, 2.05) is 36.4 Å². The maximum atomic E-state index is 11.3. The largest absolute Gasteiger partial charge is 0.363 e. The first-order valence-corrected chi connectivity index (χ1v) is 8.52. The van der Waals surface area contributed by atoms with Crippen LogP contribution in [-0.2, 0) is 6.42 Å². The van der Waals surface area contributed by atoms with Crippen molar-refractivity contribution in [2.75, 3.05) is 5.84 Å². The molecule has 4 rings (SSSR count). The number of carbonyl (C=O) groups is 1. The molecule has 1 amide bonds. The van der Waals surface area contributed by atoms with Crippen LogP contribution in [0.4, 0.5) is 0 Å². The first kappa shape index (κ1) is 16.7. The number of hydrogen-bond acceptors (Lipinski definition) is 5. The summed E-state index contributed by atoms with van der Waals surface area (Å²) in [7, 11) is 0. The third-order valence-electron chi connectivity index (χ3n) is 4.52. The molecule has 0 aliphatic carbocycles. The zero-order valence-electron chi connectivity index (χ0n) is 14.5. The highest BCUT2D eigenvalue weighted by Gasteiger charge is 2.20. The van der Waals surface area contributed by atoms with Gasteiger partial charge in [-0.1, -0.05) is 60.7 Å². The SMILES string of the molecule is NC(=O)c1ncc2nc(CC(c3ccccc3)c3ccccc3)n(N)c2n1. The molecule has 0 bridgehead atoms. The summed E-state index contributed by atoms with van der Waals surface area (Å²) in [6.07, 6.45) is 2.04. The van der Waals surface area contributed by atoms with Crippen molar-refractivity contribution in [1.29, 1.82) is 0 Å². The first-order chi connectivity index (χ1) is 13.1. The molecule has 7 heteroatoms. The fraction of sp³-hybridized carbons (Fsp3) is 0.100. The Bertz CT molecular complexity index is 1050. The Morgan fingerprint density at radius 3 is 2.11 bits per heavy atom. The van der Waals surface area contributed by atoms with Crippen molar-refractivity contribution < 1.29 is 4.79 Å². The average molecular weight is 358 g/mol. The average Bonchev–Trinajstić information content (AvgIpc) is 3.02. The molecule has 0 spiro atoms. The molecule has 0 atom stereocenters. The summed E-state index contributed by atoms with van der Waals surface area (Å²) in [5, 5.41) is 0. The Morgan fingerprint density at radius 2 is 1.56 bits per heavy atom. The van der Waals surface area contributed by atoms with E-state index in [2.05, 4.69) is 39.2 Å². The van der Waals surface area contributed by atoms with Gasteiger partial charge in [0, 0.05) is 12.3 Å². The van der Waals surface area contributed by atoms with Crippen LogP contribution in [0.1, 0.15) is 33.5 Å². The first-order valence-electron chi connectivity index (χ1n) is 8.52. The Labute approximate surface area is 155 Å². The Morgan fingerprint density at radius 1 is 0.963 bits per heavy atom. The topological polar surface area (TPSA) is 113 Å². The molecular formula is C20H18N6O. The molecule has 0 aliphatic rings. The minimum Gasteiger partial charge on any atom is -0.363 e. The van der Waals surface area contributed by atoms with Gasteiger partial charge < -0.3 is 11.6 Å². The van der Waals surface area contributed by atoms with E-state index in [1.54, 1.807) is 0 Å². The highest BCUT2D eigenvalue weighted by molar-refractivity contribution is 5.90. The van der Waals surface area contributed by atoms with Gasteiger partial charge in [-0.2, -0.15) is 0 Å². The van der Waals surface area contributed by atoms with Crippen LogP contribution in [0.25, 0.3) is 11.2 Å². The van der Waals surface area contributed by atoms with Crippen LogP contribution in [0.15, 0.2) is 66.9 Å². The third-order valence-corrected chi connectivity index (χ3v) is 4.52. The molecule has 0 unspecified atom stereocenters. The summed E-state index contributed by atoms with van der Waals surface area (Å²) in [4.78, 5) is 24.0. The van der Waals surface area contributed by atoms with E-state index in [9.17, 15) is 4.79 Å². The van der Waals surface area contributed by atoms with Crippen molar-refractivity contribution in [3.05, 3.63) is 89.6 Å². The number of rotatable bonds is 5. The normalized spacial score (nSPS) is 11.1. The quantitative estimate of drug-likeness (QED) is 0.530. The molecule has 0 radical (unpaired) electrons. The van der Waals surface area contributed by atoms with E-state index in [0.717, 1.165) is 0 Å². The minimum absolute atomic E-state index is 0.0788. The van der Waals surface area contributed by atoms with E-state index < -0.39 is 5.91 Å². The molecule has 0 saturated heterocycles. The lowest BCUT2D eigenvalue weighted by Crippen LogP contribution is -2.19. The maximum absolute atomic E-state index is 11.3. The molecule has 4 aromatic rings. The summed E-state index contributed by atoms with van der Waals surface area (Å²) in [5.74, 6) is 6.17. The van der Waals surface area contributed by atoms with Gasteiger partial charge in [0.1, 0.15) is 11.3 Å². The standard InChI is InChI=1S/C20H18N6O/c21-18(27)19-23-12-16-20(25-19)26(22)17(24-16)11-15(13-7-3-1-4-8-13)14-9-5-2-6-10-14/h1-10,12,15H,11,22H2,(H2,21,27). The fourth-order valence-corrected chi connectivity index (χ4v) is 3.18. The van der Waals surface area contributed by atoms with Gasteiger partial charge in [0.2, 0.25) is 5.82 Å². The number of hydrogen-bond donors (Lipinski definition) is 2. The van der Waals surface area contributed by atoms with Crippen LogP contribution < -0.4 is 11.6 Å². The van der Waals surface area contributed by atoms with Crippen molar-refractivity contribution in [1.82, 2.24) is 19.6 Å². The van der Waals surface area contributed by atoms with Crippen LogP contribution >= 0.6 is 0 Å². The third kappa shape index (κ3) is 3.22. The maximum Gasteiger partial charge on any atom is 0.286 e. The van der Waals surface area contributed by atoms with Crippen molar-refractivity contribution in [3.8, 4) is 0 Å². The number of benzene rings is 2. The van der Waals surface area contributed by atoms with E-state index in [-0.39, 0.29) is 11.7 Å². The highest BCUT2D eigenvalue weighted by Crippen LogP contribution is 2.28. The molecule has 0 fully saturated rings. The van der Waals surface area contributed by atoms with Gasteiger partial charge in [-0.15, -0.1) is 0 Å². The van der Waals surface area contributed by atoms with Gasteiger partial charge in [-0.05, 0) is 11.1 Å². The molecule has 2 heterocycles. The molecule has 0 saturated carbocycles. The summed E-state index contributed by atoms with van der Waals surface area (Å²) < 4.78 is 1.41. The molecule has 2 aromatic heterocycles. The molecule has 4 N–H and O–H groups in total. The lowest BCUT2D eigenvalue weighted by molar-refractivity contribution is 0.0990. The van der Waals surface area contributed by atoms with Gasteiger partial charge in [0.25, 0.3) is 5.91 Å². The number of primary amides is 1. The Hall–Kier alpha value is -3.74. The van der Waals surface area contributed by atoms with Crippen molar-refractivity contribution in [3.63, 3.8) is 0 Å². The summed E-state index contributed by atoms with van der Waals surface area (Å²) in [6, 6.07) is 20.4. The van der Waals surface area contributed by atoms with E-state index in [4.69, 9.17) is 11.6 Å². The van der Waals surface area contributed by atoms with E-state index in [1.165, 1.54) is 22.0 Å². The fourth-order valence-electron chi connectivity index (χ4n) is 3.18. The van der Waals surface area contributed by atoms with Crippen LogP contribution in [0.2, 0.25) is 0 Å². The van der Waals surface area contributed by atoms with Crippen molar-refractivity contribution in [2.45, 2.75) is 12.3 Å². The molecule has 7 nitrogen and oxygen atoms in total. The van der Waals surface area contributed by atoms with Crippen LogP contribution in [-0.4, -0.2) is 25.5 Å². The molecule has 2 aromatic carbocycles. The van der Waals surface area contributed by atoms with Gasteiger partial charge >= 0.3 is 0 Å². The second kappa shape index (κ2) is 6.87. The summed E-state index contributed by atoms with van der Waals surface area (Å²) in [6.45, 7) is 0. The molecule has 134 valence electrons. The van der Waals surface area contributed by atoms with Gasteiger partial charge in [0.15, 0.2) is 5.65 Å². The number of nitrogen functional groups attached to an aromatic ring is 1. The zero-order chi connectivity index (χ0) is 18.8. The number of carbonyl (C=O) groups excluding carboxylic acids is 1. The summed E-state index contributed by atoms with van der Waals surface area (Å²) >= 11 is 0. The van der Waals surface area contributed by atoms with Gasteiger partial charge in [0.05, 0.1) is 6.20 Å². The van der Waals surface area contributed by atoms with Crippen LogP contribution in [0.5, 0.6) is 0 Å². The lowest BCUT2D eigenvalue weighted by Gasteiger charge is -2.17. The van der Waals surface area contributed by atoms with Crippen LogP contribution in [0.3, 0.4) is 0 Å². The number of amides is 1. The molecular weight excluding hydrogens is 340 g/mol. The smallest absolute Gasteiger partial charge is 0.286 e. The zero-order valence-corrected chi connectivity index (χ0v) is 14.5. The van der Waals surface area contributed by atoms with E-state index >= 15 is 0 Å². The van der Waals surface area contributed by atoms with Gasteiger partial charge in [-0.25, -0.2) is 19.6 Å². The van der Waals surface area contributed by atoms with Crippen molar-refractivity contribution in [2.24, 2.45) is 5.73 Å². The number of fused-ring (bicyclic) bond motifs is 1. The predicted molar refractivity (Wildman–Crippen MR) is 102 cm³/mol. The van der Waals surface area contributed by atoms with Gasteiger partial charge in [-0.3, -0.25) is 4.79 Å². The minimum atomic E-state index is -0.703. The Balaban J connectivity index is 1.77. The monoisotopic (exact) mass is 358 g/mol. The highest BCUT2D eigenvalue weighted by atomic mass is 16.1. The predicted octanol–water partition coefficient (Wildman–Crippen LogP) is 2.01. The number of aromatic nitrogens is 4. The van der Waals surface area contributed by atoms with Crippen LogP contribution in [0, 0.1) is 0 Å². The number of nitrogens with two attached hydrogens (primary N) is 2. The second-order valence-corrected chi connectivity index (χ2v) is 6.24.